The summed E-state index contributed by atoms with van der Waals surface area (Å²) in [6, 6.07) is 8.72. The number of alkyl halides is 3. The molecule has 1 aromatic rings. The molecule has 1 N–H and O–H groups in total. The molecule has 2 rings (SSSR count). The summed E-state index contributed by atoms with van der Waals surface area (Å²) in [6.07, 6.45) is -4.52. The Balaban J connectivity index is 1.97. The van der Waals surface area contributed by atoms with Gasteiger partial charge in [0.2, 0.25) is 11.8 Å². The van der Waals surface area contributed by atoms with E-state index in [2.05, 4.69) is 0 Å². The predicted molar refractivity (Wildman–Crippen MR) is 66.0 cm³/mol. The van der Waals surface area contributed by atoms with E-state index in [1.54, 1.807) is 30.3 Å². The first-order valence-corrected chi connectivity index (χ1v) is 6.07. The van der Waals surface area contributed by atoms with Crippen LogP contribution in [0.5, 0.6) is 0 Å². The van der Waals surface area contributed by atoms with Gasteiger partial charge in [0.05, 0.1) is 5.92 Å². The Morgan fingerprint density at radius 3 is 2.55 bits per heavy atom. The molecule has 0 aliphatic carbocycles. The quantitative estimate of drug-likeness (QED) is 0.919. The van der Waals surface area contributed by atoms with Crippen LogP contribution in [0.15, 0.2) is 30.3 Å². The van der Waals surface area contributed by atoms with Crippen LogP contribution in [0.3, 0.4) is 0 Å². The summed E-state index contributed by atoms with van der Waals surface area (Å²) in [5, 5.41) is 1.81. The Hall–Kier alpha value is -2.05. The Morgan fingerprint density at radius 1 is 1.30 bits per heavy atom. The summed E-state index contributed by atoms with van der Waals surface area (Å²) in [6.45, 7) is -1.27. The molecule has 2 amide bonds. The molecule has 1 aliphatic heterocycles. The van der Waals surface area contributed by atoms with Gasteiger partial charge in [0.25, 0.3) is 0 Å². The molecule has 1 aliphatic rings. The van der Waals surface area contributed by atoms with Crippen molar-refractivity contribution in [3.63, 3.8) is 0 Å². The van der Waals surface area contributed by atoms with Crippen molar-refractivity contribution < 1.29 is 22.8 Å². The maximum atomic E-state index is 12.0. The number of nitrogens with zero attached hydrogens (tertiary/aromatic N) is 1. The van der Waals surface area contributed by atoms with E-state index in [1.165, 1.54) is 4.90 Å². The zero-order valence-electron chi connectivity index (χ0n) is 10.5. The predicted octanol–water partition coefficient (Wildman–Crippen LogP) is 1.72. The first-order valence-electron chi connectivity index (χ1n) is 6.07. The maximum absolute atomic E-state index is 12.0. The molecule has 0 bridgehead atoms. The second-order valence-electron chi connectivity index (χ2n) is 4.57. The van der Waals surface area contributed by atoms with Crippen molar-refractivity contribution in [3.05, 3.63) is 30.3 Å². The number of rotatable bonds is 3. The summed E-state index contributed by atoms with van der Waals surface area (Å²) < 4.78 is 36.1. The second kappa shape index (κ2) is 5.52. The van der Waals surface area contributed by atoms with Crippen LogP contribution >= 0.6 is 0 Å². The Bertz CT molecular complexity index is 502. The van der Waals surface area contributed by atoms with E-state index in [1.807, 2.05) is 5.32 Å². The lowest BCUT2D eigenvalue weighted by atomic mass is 10.1. The van der Waals surface area contributed by atoms with Crippen LogP contribution in [0.25, 0.3) is 0 Å². The van der Waals surface area contributed by atoms with Gasteiger partial charge in [0.1, 0.15) is 6.54 Å². The molecule has 0 aromatic heterocycles. The molecule has 4 nitrogen and oxygen atoms in total. The summed E-state index contributed by atoms with van der Waals surface area (Å²) in [5.41, 5.74) is 0.642. The van der Waals surface area contributed by atoms with Gasteiger partial charge < -0.3 is 10.2 Å². The largest absolute Gasteiger partial charge is 0.405 e. The van der Waals surface area contributed by atoms with Crippen LogP contribution in [-0.4, -0.2) is 31.1 Å². The van der Waals surface area contributed by atoms with E-state index < -0.39 is 24.5 Å². The first-order chi connectivity index (χ1) is 9.37. The average Bonchev–Trinajstić information content (AvgIpc) is 2.78. The SMILES string of the molecule is O=C(NCC(F)(F)F)[C@H]1CC(=O)N(c2ccccc2)C1. The minimum absolute atomic E-state index is 0.0708. The molecule has 108 valence electrons. The van der Waals surface area contributed by atoms with Crippen molar-refractivity contribution >= 4 is 17.5 Å². The minimum Gasteiger partial charge on any atom is -0.347 e. The van der Waals surface area contributed by atoms with Gasteiger partial charge in [-0.1, -0.05) is 18.2 Å². The topological polar surface area (TPSA) is 49.4 Å². The normalized spacial score (nSPS) is 19.2. The number of para-hydroxylation sites is 1. The second-order valence-corrected chi connectivity index (χ2v) is 4.57. The van der Waals surface area contributed by atoms with E-state index in [0.29, 0.717) is 5.69 Å². The molecule has 0 unspecified atom stereocenters. The Morgan fingerprint density at radius 2 is 1.95 bits per heavy atom. The van der Waals surface area contributed by atoms with E-state index in [0.717, 1.165) is 0 Å². The van der Waals surface area contributed by atoms with Gasteiger partial charge in [-0.3, -0.25) is 9.59 Å². The van der Waals surface area contributed by atoms with Crippen LogP contribution in [0, 0.1) is 5.92 Å². The van der Waals surface area contributed by atoms with E-state index in [9.17, 15) is 22.8 Å². The Labute approximate surface area is 113 Å². The van der Waals surface area contributed by atoms with Crippen LogP contribution in [0.1, 0.15) is 6.42 Å². The van der Waals surface area contributed by atoms with E-state index >= 15 is 0 Å². The van der Waals surface area contributed by atoms with Gasteiger partial charge in [-0.05, 0) is 12.1 Å². The van der Waals surface area contributed by atoms with E-state index in [4.69, 9.17) is 0 Å². The standard InChI is InChI=1S/C13H13F3N2O2/c14-13(15,16)8-17-12(20)9-6-11(19)18(7-9)10-4-2-1-3-5-10/h1-5,9H,6-8H2,(H,17,20)/t9-/m0/s1. The smallest absolute Gasteiger partial charge is 0.347 e. The zero-order valence-corrected chi connectivity index (χ0v) is 10.5. The van der Waals surface area contributed by atoms with Gasteiger partial charge in [-0.2, -0.15) is 13.2 Å². The van der Waals surface area contributed by atoms with Crippen molar-refractivity contribution in [3.8, 4) is 0 Å². The number of nitrogens with one attached hydrogen (secondary N) is 1. The number of anilines is 1. The van der Waals surface area contributed by atoms with Crippen molar-refractivity contribution in [2.75, 3.05) is 18.0 Å². The van der Waals surface area contributed by atoms with Crippen molar-refractivity contribution in [1.82, 2.24) is 5.32 Å². The van der Waals surface area contributed by atoms with Crippen LogP contribution in [0.4, 0.5) is 18.9 Å². The third kappa shape index (κ3) is 3.49. The molecule has 1 heterocycles. The summed E-state index contributed by atoms with van der Waals surface area (Å²) in [7, 11) is 0. The van der Waals surface area contributed by atoms with Crippen LogP contribution in [-0.2, 0) is 9.59 Å². The fraction of sp³-hybridized carbons (Fsp3) is 0.385. The first kappa shape index (κ1) is 14.4. The molecule has 0 radical (unpaired) electrons. The number of amides is 2. The lowest BCUT2D eigenvalue weighted by molar-refractivity contribution is -0.140. The molecular formula is C13H13F3N2O2. The molecule has 1 saturated heterocycles. The highest BCUT2D eigenvalue weighted by atomic mass is 19.4. The molecule has 1 aromatic carbocycles. The molecule has 7 heteroatoms. The van der Waals surface area contributed by atoms with Crippen molar-refractivity contribution in [2.24, 2.45) is 5.92 Å². The summed E-state index contributed by atoms with van der Waals surface area (Å²) in [5.74, 6) is -1.75. The highest BCUT2D eigenvalue weighted by molar-refractivity contribution is 6.00. The molecule has 0 spiro atoms. The molecular weight excluding hydrogens is 273 g/mol. The van der Waals surface area contributed by atoms with Gasteiger partial charge in [0, 0.05) is 18.7 Å². The van der Waals surface area contributed by atoms with Gasteiger partial charge in [-0.15, -0.1) is 0 Å². The number of carbonyl (C=O) groups excluding carboxylic acids is 2. The number of benzene rings is 1. The fourth-order valence-corrected chi connectivity index (χ4v) is 2.07. The summed E-state index contributed by atoms with van der Waals surface area (Å²) in [4.78, 5) is 24.9. The molecule has 1 fully saturated rings. The minimum atomic E-state index is -4.45. The molecule has 1 atom stereocenters. The third-order valence-corrected chi connectivity index (χ3v) is 3.03. The highest BCUT2D eigenvalue weighted by Crippen LogP contribution is 2.25. The maximum Gasteiger partial charge on any atom is 0.405 e. The fourth-order valence-electron chi connectivity index (χ4n) is 2.07. The summed E-state index contributed by atoms with van der Waals surface area (Å²) >= 11 is 0. The van der Waals surface area contributed by atoms with Gasteiger partial charge >= 0.3 is 6.18 Å². The lowest BCUT2D eigenvalue weighted by Gasteiger charge is -2.16. The van der Waals surface area contributed by atoms with Gasteiger partial charge in [-0.25, -0.2) is 0 Å². The highest BCUT2D eigenvalue weighted by Gasteiger charge is 2.36. The molecule has 20 heavy (non-hydrogen) atoms. The molecule has 0 saturated carbocycles. The van der Waals surface area contributed by atoms with Crippen molar-refractivity contribution in [1.29, 1.82) is 0 Å². The Kier molecular flexibility index (Phi) is 3.96. The van der Waals surface area contributed by atoms with Crippen LogP contribution in [0.2, 0.25) is 0 Å². The third-order valence-electron chi connectivity index (χ3n) is 3.03. The number of carbonyl (C=O) groups is 2. The number of hydrogen-bond donors (Lipinski definition) is 1. The monoisotopic (exact) mass is 286 g/mol. The van der Waals surface area contributed by atoms with Crippen LogP contribution < -0.4 is 10.2 Å². The van der Waals surface area contributed by atoms with Crippen molar-refractivity contribution in [2.45, 2.75) is 12.6 Å². The van der Waals surface area contributed by atoms with Gasteiger partial charge in [0.15, 0.2) is 0 Å². The average molecular weight is 286 g/mol. The van der Waals surface area contributed by atoms with E-state index in [-0.39, 0.29) is 18.9 Å². The lowest BCUT2D eigenvalue weighted by Crippen LogP contribution is -2.38. The number of hydrogen-bond acceptors (Lipinski definition) is 2. The number of halogens is 3. The zero-order chi connectivity index (χ0) is 14.8.